The Morgan fingerprint density at radius 3 is 2.80 bits per heavy atom. The zero-order valence-corrected chi connectivity index (χ0v) is 6.10. The lowest BCUT2D eigenvalue weighted by atomic mass is 10.5. The number of epoxide rings is 1. The van der Waals surface area contributed by atoms with Gasteiger partial charge in [0.05, 0.1) is 6.61 Å². The Morgan fingerprint density at radius 1 is 1.40 bits per heavy atom. The predicted molar refractivity (Wildman–Crippen MR) is 39.7 cm³/mol. The highest BCUT2D eigenvalue weighted by Gasteiger charge is 2.20. The van der Waals surface area contributed by atoms with Gasteiger partial charge in [0.25, 0.3) is 0 Å². The van der Waals surface area contributed by atoms with Gasteiger partial charge in [0.1, 0.15) is 6.23 Å². The molecule has 4 nitrogen and oxygen atoms in total. The molecule has 0 aromatic carbocycles. The third kappa shape index (κ3) is 3.79. The van der Waals surface area contributed by atoms with Crippen LogP contribution in [0.25, 0.3) is 0 Å². The van der Waals surface area contributed by atoms with Crippen LogP contribution in [-0.2, 0) is 4.74 Å². The summed E-state index contributed by atoms with van der Waals surface area (Å²) in [6, 6.07) is 0. The second kappa shape index (κ2) is 4.62. The molecule has 0 aromatic heterocycles. The zero-order chi connectivity index (χ0) is 7.23. The van der Waals surface area contributed by atoms with Gasteiger partial charge in [-0.2, -0.15) is 0 Å². The van der Waals surface area contributed by atoms with Gasteiger partial charge in [-0.15, -0.1) is 0 Å². The first-order valence-electron chi connectivity index (χ1n) is 3.69. The number of hydrogen-bond acceptors (Lipinski definition) is 4. The second-order valence-electron chi connectivity index (χ2n) is 2.31. The average molecular weight is 145 g/mol. The third-order valence-corrected chi connectivity index (χ3v) is 1.33. The van der Waals surface area contributed by atoms with E-state index in [1.54, 1.807) is 0 Å². The summed E-state index contributed by atoms with van der Waals surface area (Å²) in [7, 11) is 0. The summed E-state index contributed by atoms with van der Waals surface area (Å²) in [5.41, 5.74) is 5.28. The van der Waals surface area contributed by atoms with Gasteiger partial charge >= 0.3 is 0 Å². The van der Waals surface area contributed by atoms with Crippen LogP contribution in [0.15, 0.2) is 0 Å². The number of nitrogens with one attached hydrogen (secondary N) is 2. The standard InChI is InChI=1S/C6H15N3O/c7-1-2-8-3-4-9-6-5-10-6/h6,8-9H,1-5,7H2. The largest absolute Gasteiger partial charge is 0.357 e. The molecule has 10 heavy (non-hydrogen) atoms. The Balaban J connectivity index is 1.68. The fourth-order valence-electron chi connectivity index (χ4n) is 0.715. The summed E-state index contributed by atoms with van der Waals surface area (Å²) < 4.78 is 4.95. The predicted octanol–water partition coefficient (Wildman–Crippen LogP) is -1.52. The fourth-order valence-corrected chi connectivity index (χ4v) is 0.715. The Bertz CT molecular complexity index is 85.1. The van der Waals surface area contributed by atoms with E-state index in [1.165, 1.54) is 0 Å². The van der Waals surface area contributed by atoms with Crippen LogP contribution in [0.3, 0.4) is 0 Å². The van der Waals surface area contributed by atoms with Crippen LogP contribution < -0.4 is 16.4 Å². The van der Waals surface area contributed by atoms with Gasteiger partial charge in [-0.25, -0.2) is 0 Å². The summed E-state index contributed by atoms with van der Waals surface area (Å²) in [6.07, 6.45) is 0.333. The Kier molecular flexibility index (Phi) is 3.67. The van der Waals surface area contributed by atoms with Crippen LogP contribution in [-0.4, -0.2) is 39.0 Å². The highest BCUT2D eigenvalue weighted by atomic mass is 16.6. The number of ether oxygens (including phenoxy) is 1. The minimum absolute atomic E-state index is 0.333. The normalized spacial score (nSPS) is 23.1. The quantitative estimate of drug-likeness (QED) is 0.314. The van der Waals surface area contributed by atoms with Crippen molar-refractivity contribution in [2.24, 2.45) is 5.73 Å². The summed E-state index contributed by atoms with van der Waals surface area (Å²) in [6.45, 7) is 4.41. The Labute approximate surface area is 61.1 Å². The van der Waals surface area contributed by atoms with Crippen molar-refractivity contribution in [3.8, 4) is 0 Å². The summed E-state index contributed by atoms with van der Waals surface area (Å²) in [5.74, 6) is 0. The zero-order valence-electron chi connectivity index (χ0n) is 6.10. The maximum absolute atomic E-state index is 5.28. The molecule has 1 aliphatic heterocycles. The lowest BCUT2D eigenvalue weighted by molar-refractivity contribution is 0.369. The average Bonchev–Trinajstić information content (AvgIpc) is 2.71. The highest BCUT2D eigenvalue weighted by Crippen LogP contribution is 2.01. The van der Waals surface area contributed by atoms with E-state index in [0.717, 1.165) is 26.2 Å². The molecule has 0 spiro atoms. The van der Waals surface area contributed by atoms with E-state index in [0.29, 0.717) is 12.8 Å². The van der Waals surface area contributed by atoms with Crippen molar-refractivity contribution in [2.75, 3.05) is 32.8 Å². The van der Waals surface area contributed by atoms with Crippen molar-refractivity contribution in [3.63, 3.8) is 0 Å². The molecule has 0 aliphatic carbocycles. The lowest BCUT2D eigenvalue weighted by Crippen LogP contribution is -2.31. The first-order valence-corrected chi connectivity index (χ1v) is 3.69. The van der Waals surface area contributed by atoms with Crippen LogP contribution in [0.1, 0.15) is 0 Å². The minimum Gasteiger partial charge on any atom is -0.357 e. The molecular formula is C6H15N3O. The summed E-state index contributed by atoms with van der Waals surface area (Å²) in [5, 5.41) is 6.37. The first-order chi connectivity index (χ1) is 4.93. The lowest BCUT2D eigenvalue weighted by Gasteiger charge is -2.01. The molecule has 0 saturated carbocycles. The van der Waals surface area contributed by atoms with Gasteiger partial charge < -0.3 is 15.8 Å². The fraction of sp³-hybridized carbons (Fsp3) is 1.00. The molecular weight excluding hydrogens is 130 g/mol. The van der Waals surface area contributed by atoms with Gasteiger partial charge in [0.15, 0.2) is 0 Å². The molecule has 60 valence electrons. The van der Waals surface area contributed by atoms with Crippen LogP contribution in [0.5, 0.6) is 0 Å². The van der Waals surface area contributed by atoms with E-state index in [9.17, 15) is 0 Å². The molecule has 1 aliphatic rings. The second-order valence-corrected chi connectivity index (χ2v) is 2.31. The van der Waals surface area contributed by atoms with Crippen LogP contribution in [0.2, 0.25) is 0 Å². The van der Waals surface area contributed by atoms with Crippen molar-refractivity contribution in [2.45, 2.75) is 6.23 Å². The smallest absolute Gasteiger partial charge is 0.132 e. The van der Waals surface area contributed by atoms with Crippen LogP contribution in [0, 0.1) is 0 Å². The molecule has 0 amide bonds. The number of nitrogens with two attached hydrogens (primary N) is 1. The topological polar surface area (TPSA) is 62.6 Å². The van der Waals surface area contributed by atoms with E-state index in [1.807, 2.05) is 0 Å². The molecule has 4 heteroatoms. The molecule has 0 radical (unpaired) electrons. The van der Waals surface area contributed by atoms with Crippen LogP contribution in [0.4, 0.5) is 0 Å². The highest BCUT2D eigenvalue weighted by molar-refractivity contribution is 4.66. The van der Waals surface area contributed by atoms with Gasteiger partial charge in [0, 0.05) is 26.2 Å². The SMILES string of the molecule is NCCNCCNC1CO1. The summed E-state index contributed by atoms with van der Waals surface area (Å²) >= 11 is 0. The number of rotatable bonds is 6. The molecule has 1 unspecified atom stereocenters. The Hall–Kier alpha value is -0.160. The van der Waals surface area contributed by atoms with E-state index in [2.05, 4.69) is 10.6 Å². The van der Waals surface area contributed by atoms with E-state index in [4.69, 9.17) is 10.5 Å². The van der Waals surface area contributed by atoms with Gasteiger partial charge in [-0.3, -0.25) is 5.32 Å². The van der Waals surface area contributed by atoms with Crippen molar-refractivity contribution in [1.29, 1.82) is 0 Å². The molecule has 1 atom stereocenters. The monoisotopic (exact) mass is 145 g/mol. The number of hydrogen-bond donors (Lipinski definition) is 3. The Morgan fingerprint density at radius 2 is 2.20 bits per heavy atom. The van der Waals surface area contributed by atoms with Crippen molar-refractivity contribution in [3.05, 3.63) is 0 Å². The molecule has 1 heterocycles. The van der Waals surface area contributed by atoms with E-state index >= 15 is 0 Å². The molecule has 0 bridgehead atoms. The minimum atomic E-state index is 0.333. The van der Waals surface area contributed by atoms with Crippen molar-refractivity contribution < 1.29 is 4.74 Å². The first kappa shape index (κ1) is 7.94. The van der Waals surface area contributed by atoms with Gasteiger partial charge in [0.2, 0.25) is 0 Å². The van der Waals surface area contributed by atoms with E-state index in [-0.39, 0.29) is 0 Å². The maximum atomic E-state index is 5.28. The van der Waals surface area contributed by atoms with Gasteiger partial charge in [-0.05, 0) is 0 Å². The molecule has 1 fully saturated rings. The third-order valence-electron chi connectivity index (χ3n) is 1.33. The van der Waals surface area contributed by atoms with Crippen molar-refractivity contribution in [1.82, 2.24) is 10.6 Å². The maximum Gasteiger partial charge on any atom is 0.132 e. The van der Waals surface area contributed by atoms with Crippen LogP contribution >= 0.6 is 0 Å². The van der Waals surface area contributed by atoms with Crippen molar-refractivity contribution >= 4 is 0 Å². The molecule has 4 N–H and O–H groups in total. The van der Waals surface area contributed by atoms with Gasteiger partial charge in [-0.1, -0.05) is 0 Å². The van der Waals surface area contributed by atoms with E-state index < -0.39 is 0 Å². The molecule has 1 saturated heterocycles. The summed E-state index contributed by atoms with van der Waals surface area (Å²) in [4.78, 5) is 0. The molecule has 0 aromatic rings. The molecule has 1 rings (SSSR count).